The van der Waals surface area contributed by atoms with E-state index in [1.54, 1.807) is 7.11 Å². The van der Waals surface area contributed by atoms with Crippen LogP contribution in [0.15, 0.2) is 24.4 Å². The topological polar surface area (TPSA) is 71.4 Å². The van der Waals surface area contributed by atoms with Gasteiger partial charge in [0.15, 0.2) is 5.82 Å². The number of hydrogen-bond acceptors (Lipinski definition) is 5. The van der Waals surface area contributed by atoms with Crippen molar-refractivity contribution in [3.63, 3.8) is 0 Å². The van der Waals surface area contributed by atoms with Crippen LogP contribution in [0.25, 0.3) is 0 Å². The zero-order valence-electron chi connectivity index (χ0n) is 16.5. The van der Waals surface area contributed by atoms with Crippen molar-refractivity contribution in [2.24, 2.45) is 0 Å². The number of rotatable bonds is 7. The van der Waals surface area contributed by atoms with Gasteiger partial charge < -0.3 is 20.3 Å². The zero-order chi connectivity index (χ0) is 19.3. The minimum Gasteiger partial charge on any atom is -0.496 e. The van der Waals surface area contributed by atoms with Crippen LogP contribution in [0.4, 0.5) is 5.82 Å². The summed E-state index contributed by atoms with van der Waals surface area (Å²) in [4.78, 5) is 15.4. The molecular formula is C21H29N5O2. The van der Waals surface area contributed by atoms with Crippen molar-refractivity contribution < 1.29 is 9.53 Å². The maximum atomic E-state index is 12.9. The number of aromatic nitrogens is 2. The maximum Gasteiger partial charge on any atom is 0.257 e. The normalized spacial score (nSPS) is 16.8. The number of hydrogen-bond donors (Lipinski definition) is 2. The number of fused-ring (bicyclic) bond motifs is 1. The summed E-state index contributed by atoms with van der Waals surface area (Å²) in [6.07, 6.45) is 6.48. The van der Waals surface area contributed by atoms with Crippen molar-refractivity contribution in [1.82, 2.24) is 20.0 Å². The highest BCUT2D eigenvalue weighted by Crippen LogP contribution is 2.28. The average molecular weight is 383 g/mol. The number of benzene rings is 1. The molecule has 4 rings (SSSR count). The molecule has 7 nitrogen and oxygen atoms in total. The van der Waals surface area contributed by atoms with Gasteiger partial charge in [-0.3, -0.25) is 9.48 Å². The van der Waals surface area contributed by atoms with Crippen molar-refractivity contribution in [2.75, 3.05) is 38.6 Å². The fourth-order valence-corrected chi connectivity index (χ4v) is 4.18. The van der Waals surface area contributed by atoms with E-state index in [1.165, 1.54) is 25.9 Å². The van der Waals surface area contributed by atoms with Crippen LogP contribution >= 0.6 is 0 Å². The molecule has 0 bridgehead atoms. The Morgan fingerprint density at radius 2 is 2.07 bits per heavy atom. The summed E-state index contributed by atoms with van der Waals surface area (Å²) in [6, 6.07) is 5.59. The van der Waals surface area contributed by atoms with Gasteiger partial charge in [0.25, 0.3) is 5.91 Å². The van der Waals surface area contributed by atoms with Gasteiger partial charge in [-0.05, 0) is 69.6 Å². The first-order chi connectivity index (χ1) is 13.7. The maximum absolute atomic E-state index is 12.9. The van der Waals surface area contributed by atoms with Gasteiger partial charge in [0.2, 0.25) is 0 Å². The number of aryl methyl sites for hydroxylation is 1. The molecule has 2 aliphatic rings. The molecule has 150 valence electrons. The molecule has 2 aliphatic heterocycles. The number of ether oxygens (including phenoxy) is 1. The Kier molecular flexibility index (Phi) is 5.92. The lowest BCUT2D eigenvalue weighted by molar-refractivity contribution is 0.102. The van der Waals surface area contributed by atoms with Crippen LogP contribution in [-0.2, 0) is 19.5 Å². The molecular weight excluding hydrogens is 354 g/mol. The Hall–Kier alpha value is -2.38. The molecule has 7 heteroatoms. The summed E-state index contributed by atoms with van der Waals surface area (Å²) >= 11 is 0. The highest BCUT2D eigenvalue weighted by Gasteiger charge is 2.21. The van der Waals surface area contributed by atoms with Gasteiger partial charge in [-0.25, -0.2) is 0 Å². The van der Waals surface area contributed by atoms with Gasteiger partial charge in [-0.1, -0.05) is 0 Å². The number of methoxy groups -OCH3 is 1. The van der Waals surface area contributed by atoms with E-state index in [1.807, 2.05) is 29.1 Å². The number of carbonyl (C=O) groups excluding carboxylic acids is 1. The van der Waals surface area contributed by atoms with E-state index < -0.39 is 0 Å². The summed E-state index contributed by atoms with van der Waals surface area (Å²) in [5, 5.41) is 10.8. The molecule has 1 amide bonds. The lowest BCUT2D eigenvalue weighted by Crippen LogP contribution is -2.27. The van der Waals surface area contributed by atoms with E-state index in [-0.39, 0.29) is 5.91 Å². The van der Waals surface area contributed by atoms with Crippen LogP contribution in [0.3, 0.4) is 0 Å². The molecule has 0 atom stereocenters. The van der Waals surface area contributed by atoms with Gasteiger partial charge in [-0.2, -0.15) is 5.10 Å². The monoisotopic (exact) mass is 383 g/mol. The molecule has 2 aromatic rings. The summed E-state index contributed by atoms with van der Waals surface area (Å²) in [7, 11) is 1.67. The predicted octanol–water partition coefficient (Wildman–Crippen LogP) is 2.28. The number of likely N-dealkylation sites (tertiary alicyclic amines) is 1. The Morgan fingerprint density at radius 1 is 1.21 bits per heavy atom. The predicted molar refractivity (Wildman–Crippen MR) is 109 cm³/mol. The minimum atomic E-state index is -0.108. The Bertz CT molecular complexity index is 826. The van der Waals surface area contributed by atoms with Crippen LogP contribution in [-0.4, -0.2) is 53.9 Å². The van der Waals surface area contributed by atoms with Gasteiger partial charge in [0.1, 0.15) is 5.75 Å². The summed E-state index contributed by atoms with van der Waals surface area (Å²) in [5.74, 6) is 1.33. The van der Waals surface area contributed by atoms with Crippen molar-refractivity contribution in [3.8, 4) is 5.75 Å². The molecule has 2 N–H and O–H groups in total. The lowest BCUT2D eigenvalue weighted by atomic mass is 9.94. The van der Waals surface area contributed by atoms with Crippen molar-refractivity contribution in [3.05, 3.63) is 41.1 Å². The third-order valence-corrected chi connectivity index (χ3v) is 5.65. The SMILES string of the molecule is COc1ccc(C(=O)Nc2ccn(CCCN3CCCC3)n2)c2c1CNCC2. The number of amides is 1. The summed E-state index contributed by atoms with van der Waals surface area (Å²) in [5.41, 5.74) is 2.86. The summed E-state index contributed by atoms with van der Waals surface area (Å²) < 4.78 is 7.37. The largest absolute Gasteiger partial charge is 0.496 e. The van der Waals surface area contributed by atoms with Crippen LogP contribution in [0.1, 0.15) is 40.7 Å². The first-order valence-electron chi connectivity index (χ1n) is 10.2. The van der Waals surface area contributed by atoms with E-state index >= 15 is 0 Å². The third kappa shape index (κ3) is 4.20. The highest BCUT2D eigenvalue weighted by atomic mass is 16.5. The molecule has 0 aliphatic carbocycles. The van der Waals surface area contributed by atoms with E-state index in [9.17, 15) is 4.79 Å². The lowest BCUT2D eigenvalue weighted by Gasteiger charge is -2.22. The molecule has 0 spiro atoms. The van der Waals surface area contributed by atoms with Crippen molar-refractivity contribution >= 4 is 11.7 Å². The number of anilines is 1. The zero-order valence-corrected chi connectivity index (χ0v) is 16.5. The molecule has 28 heavy (non-hydrogen) atoms. The fraction of sp³-hybridized carbons (Fsp3) is 0.524. The van der Waals surface area contributed by atoms with Gasteiger partial charge in [0.05, 0.1) is 7.11 Å². The van der Waals surface area contributed by atoms with Crippen LogP contribution in [0.2, 0.25) is 0 Å². The van der Waals surface area contributed by atoms with E-state index in [4.69, 9.17) is 4.74 Å². The number of carbonyl (C=O) groups is 1. The Balaban J connectivity index is 1.38. The molecule has 0 unspecified atom stereocenters. The second kappa shape index (κ2) is 8.75. The minimum absolute atomic E-state index is 0.108. The smallest absolute Gasteiger partial charge is 0.257 e. The van der Waals surface area contributed by atoms with E-state index in [0.717, 1.165) is 55.9 Å². The second-order valence-corrected chi connectivity index (χ2v) is 7.52. The first kappa shape index (κ1) is 19.0. The highest BCUT2D eigenvalue weighted by molar-refractivity contribution is 6.05. The van der Waals surface area contributed by atoms with E-state index in [0.29, 0.717) is 11.4 Å². The molecule has 1 aromatic carbocycles. The quantitative estimate of drug-likeness (QED) is 0.768. The number of nitrogens with zero attached hydrogens (tertiary/aromatic N) is 3. The van der Waals surface area contributed by atoms with Gasteiger partial charge >= 0.3 is 0 Å². The van der Waals surface area contributed by atoms with Crippen LogP contribution in [0, 0.1) is 0 Å². The molecule has 1 fully saturated rings. The third-order valence-electron chi connectivity index (χ3n) is 5.65. The Morgan fingerprint density at radius 3 is 2.89 bits per heavy atom. The van der Waals surface area contributed by atoms with Gasteiger partial charge in [0, 0.05) is 36.5 Å². The van der Waals surface area contributed by atoms with Crippen molar-refractivity contribution in [2.45, 2.75) is 38.8 Å². The summed E-state index contributed by atoms with van der Waals surface area (Å²) in [6.45, 7) is 6.03. The molecule has 3 heterocycles. The average Bonchev–Trinajstić information content (AvgIpc) is 3.39. The van der Waals surface area contributed by atoms with Crippen LogP contribution < -0.4 is 15.4 Å². The molecule has 1 saturated heterocycles. The number of nitrogens with one attached hydrogen (secondary N) is 2. The fourth-order valence-electron chi connectivity index (χ4n) is 4.18. The molecule has 0 radical (unpaired) electrons. The van der Waals surface area contributed by atoms with Crippen LogP contribution in [0.5, 0.6) is 5.75 Å². The first-order valence-corrected chi connectivity index (χ1v) is 10.2. The standard InChI is InChI=1S/C21H29N5O2/c1-28-19-6-5-17(16-7-9-22-15-18(16)19)21(27)23-20-8-14-26(24-20)13-4-12-25-10-2-3-11-25/h5-6,8,14,22H,2-4,7,9-13,15H2,1H3,(H,23,24,27). The Labute approximate surface area is 166 Å². The molecule has 0 saturated carbocycles. The van der Waals surface area contributed by atoms with E-state index in [2.05, 4.69) is 20.6 Å². The van der Waals surface area contributed by atoms with Gasteiger partial charge in [-0.15, -0.1) is 0 Å². The van der Waals surface area contributed by atoms with Crippen molar-refractivity contribution in [1.29, 1.82) is 0 Å². The molecule has 1 aromatic heterocycles. The second-order valence-electron chi connectivity index (χ2n) is 7.52.